The average molecular weight is 199 g/mol. The van der Waals surface area contributed by atoms with Crippen molar-refractivity contribution in [3.63, 3.8) is 0 Å². The van der Waals surface area contributed by atoms with E-state index in [0.717, 1.165) is 24.4 Å². The molecule has 0 saturated heterocycles. The fourth-order valence-electron chi connectivity index (χ4n) is 1.22. The van der Waals surface area contributed by atoms with Crippen LogP contribution in [0.4, 0.5) is 0 Å². The molecule has 1 rings (SSSR count). The van der Waals surface area contributed by atoms with E-state index in [-0.39, 0.29) is 0 Å². The summed E-state index contributed by atoms with van der Waals surface area (Å²) in [6.45, 7) is 5.76. The van der Waals surface area contributed by atoms with Crippen molar-refractivity contribution in [3.8, 4) is 0 Å². The largest absolute Gasteiger partial charge is 0.385 e. The number of rotatable bonds is 5. The normalized spacial score (nSPS) is 15.6. The molecule has 0 aliphatic carbocycles. The molecule has 0 spiro atoms. The fraction of sp³-hybridized carbons (Fsp3) is 0.600. The maximum Gasteiger partial charge on any atom is 0.0971 e. The van der Waals surface area contributed by atoms with Crippen molar-refractivity contribution in [2.75, 3.05) is 13.1 Å². The number of hydrogen-bond donors (Lipinski definition) is 2. The zero-order chi connectivity index (χ0) is 9.73. The highest BCUT2D eigenvalue weighted by Crippen LogP contribution is 2.27. The Morgan fingerprint density at radius 2 is 2.38 bits per heavy atom. The molecular weight excluding hydrogens is 182 g/mol. The molecule has 0 saturated carbocycles. The SMILES string of the molecule is CCNCCC(C)(O)c1cccs1. The molecule has 1 heterocycles. The van der Waals surface area contributed by atoms with Gasteiger partial charge in [-0.05, 0) is 37.9 Å². The van der Waals surface area contributed by atoms with Gasteiger partial charge in [-0.1, -0.05) is 13.0 Å². The van der Waals surface area contributed by atoms with Gasteiger partial charge < -0.3 is 10.4 Å². The van der Waals surface area contributed by atoms with E-state index in [4.69, 9.17) is 0 Å². The van der Waals surface area contributed by atoms with Crippen molar-refractivity contribution in [3.05, 3.63) is 22.4 Å². The monoisotopic (exact) mass is 199 g/mol. The Hall–Kier alpha value is -0.380. The first kappa shape index (κ1) is 10.7. The first-order valence-electron chi connectivity index (χ1n) is 4.64. The highest BCUT2D eigenvalue weighted by Gasteiger charge is 2.22. The highest BCUT2D eigenvalue weighted by atomic mass is 32.1. The molecule has 2 N–H and O–H groups in total. The van der Waals surface area contributed by atoms with Crippen LogP contribution in [0, 0.1) is 0 Å². The van der Waals surface area contributed by atoms with Crippen LogP contribution in [-0.2, 0) is 5.60 Å². The van der Waals surface area contributed by atoms with E-state index in [9.17, 15) is 5.11 Å². The van der Waals surface area contributed by atoms with E-state index in [1.54, 1.807) is 11.3 Å². The van der Waals surface area contributed by atoms with Crippen LogP contribution in [0.5, 0.6) is 0 Å². The summed E-state index contributed by atoms with van der Waals surface area (Å²) >= 11 is 1.61. The van der Waals surface area contributed by atoms with Crippen LogP contribution in [0.2, 0.25) is 0 Å². The summed E-state index contributed by atoms with van der Waals surface area (Å²) in [5.41, 5.74) is -0.670. The Morgan fingerprint density at radius 1 is 1.62 bits per heavy atom. The zero-order valence-corrected chi connectivity index (χ0v) is 9.03. The second kappa shape index (κ2) is 4.74. The van der Waals surface area contributed by atoms with Crippen molar-refractivity contribution in [2.45, 2.75) is 25.9 Å². The van der Waals surface area contributed by atoms with Crippen molar-refractivity contribution in [1.82, 2.24) is 5.32 Å². The predicted molar refractivity (Wildman–Crippen MR) is 57.1 cm³/mol. The van der Waals surface area contributed by atoms with Crippen LogP contribution in [0.1, 0.15) is 25.1 Å². The molecule has 0 aromatic carbocycles. The van der Waals surface area contributed by atoms with Gasteiger partial charge >= 0.3 is 0 Å². The summed E-state index contributed by atoms with van der Waals surface area (Å²) in [6, 6.07) is 3.96. The van der Waals surface area contributed by atoms with Gasteiger partial charge in [0.15, 0.2) is 0 Å². The molecular formula is C10H17NOS. The molecule has 1 aromatic rings. The summed E-state index contributed by atoms with van der Waals surface area (Å²) in [5, 5.41) is 15.3. The Morgan fingerprint density at radius 3 is 2.92 bits per heavy atom. The van der Waals surface area contributed by atoms with Crippen molar-refractivity contribution in [2.24, 2.45) is 0 Å². The Kier molecular flexibility index (Phi) is 3.90. The van der Waals surface area contributed by atoms with Gasteiger partial charge in [0.1, 0.15) is 0 Å². The van der Waals surface area contributed by atoms with E-state index in [1.165, 1.54) is 0 Å². The molecule has 2 nitrogen and oxygen atoms in total. The maximum atomic E-state index is 10.1. The molecule has 0 aliphatic heterocycles. The van der Waals surface area contributed by atoms with Crippen LogP contribution in [0.25, 0.3) is 0 Å². The van der Waals surface area contributed by atoms with Crippen LogP contribution in [-0.4, -0.2) is 18.2 Å². The molecule has 13 heavy (non-hydrogen) atoms. The molecule has 3 heteroatoms. The number of nitrogens with one attached hydrogen (secondary N) is 1. The third kappa shape index (κ3) is 3.10. The number of thiophene rings is 1. The predicted octanol–water partition coefficient (Wildman–Crippen LogP) is 1.96. The van der Waals surface area contributed by atoms with E-state index >= 15 is 0 Å². The second-order valence-electron chi connectivity index (χ2n) is 3.35. The van der Waals surface area contributed by atoms with Gasteiger partial charge in [0, 0.05) is 4.88 Å². The van der Waals surface area contributed by atoms with Crippen molar-refractivity contribution < 1.29 is 5.11 Å². The standard InChI is InChI=1S/C10H17NOS/c1-3-11-7-6-10(2,12)9-5-4-8-13-9/h4-5,8,11-12H,3,6-7H2,1-2H3. The lowest BCUT2D eigenvalue weighted by molar-refractivity contribution is 0.0519. The van der Waals surface area contributed by atoms with E-state index in [2.05, 4.69) is 12.2 Å². The summed E-state index contributed by atoms with van der Waals surface area (Å²) in [5.74, 6) is 0. The molecule has 1 aromatic heterocycles. The van der Waals surface area contributed by atoms with Gasteiger partial charge in [0.25, 0.3) is 0 Å². The third-order valence-electron chi connectivity index (χ3n) is 2.09. The van der Waals surface area contributed by atoms with Crippen LogP contribution >= 0.6 is 11.3 Å². The summed E-state index contributed by atoms with van der Waals surface area (Å²) < 4.78 is 0. The van der Waals surface area contributed by atoms with Gasteiger partial charge in [0.2, 0.25) is 0 Å². The lowest BCUT2D eigenvalue weighted by Crippen LogP contribution is -2.26. The topological polar surface area (TPSA) is 32.3 Å². The second-order valence-corrected chi connectivity index (χ2v) is 4.30. The van der Waals surface area contributed by atoms with Crippen molar-refractivity contribution >= 4 is 11.3 Å². The molecule has 0 amide bonds. The van der Waals surface area contributed by atoms with Gasteiger partial charge in [-0.25, -0.2) is 0 Å². The summed E-state index contributed by atoms with van der Waals surface area (Å²) in [6.07, 6.45) is 0.765. The van der Waals surface area contributed by atoms with Crippen LogP contribution in [0.15, 0.2) is 17.5 Å². The minimum atomic E-state index is -0.670. The van der Waals surface area contributed by atoms with Gasteiger partial charge in [-0.3, -0.25) is 0 Å². The van der Waals surface area contributed by atoms with Crippen LogP contribution < -0.4 is 5.32 Å². The molecule has 0 aliphatic rings. The molecule has 74 valence electrons. The summed E-state index contributed by atoms with van der Waals surface area (Å²) in [7, 11) is 0. The Labute approximate surface area is 83.6 Å². The quantitative estimate of drug-likeness (QED) is 0.710. The minimum Gasteiger partial charge on any atom is -0.385 e. The molecule has 1 atom stereocenters. The number of aliphatic hydroxyl groups is 1. The van der Waals surface area contributed by atoms with Gasteiger partial charge in [-0.2, -0.15) is 0 Å². The maximum absolute atomic E-state index is 10.1. The van der Waals surface area contributed by atoms with E-state index in [0.29, 0.717) is 0 Å². The first-order valence-corrected chi connectivity index (χ1v) is 5.52. The smallest absolute Gasteiger partial charge is 0.0971 e. The summed E-state index contributed by atoms with van der Waals surface area (Å²) in [4.78, 5) is 1.05. The molecule has 0 radical (unpaired) electrons. The number of hydrogen-bond acceptors (Lipinski definition) is 3. The molecule has 0 bridgehead atoms. The highest BCUT2D eigenvalue weighted by molar-refractivity contribution is 7.10. The van der Waals surface area contributed by atoms with Crippen LogP contribution in [0.3, 0.4) is 0 Å². The molecule has 1 unspecified atom stereocenters. The Balaban J connectivity index is 2.46. The van der Waals surface area contributed by atoms with E-state index < -0.39 is 5.60 Å². The van der Waals surface area contributed by atoms with E-state index in [1.807, 2.05) is 24.4 Å². The zero-order valence-electron chi connectivity index (χ0n) is 8.21. The van der Waals surface area contributed by atoms with Gasteiger partial charge in [-0.15, -0.1) is 11.3 Å². The molecule has 0 fully saturated rings. The third-order valence-corrected chi connectivity index (χ3v) is 3.21. The van der Waals surface area contributed by atoms with Crippen molar-refractivity contribution in [1.29, 1.82) is 0 Å². The fourth-order valence-corrected chi connectivity index (χ4v) is 2.03. The van der Waals surface area contributed by atoms with Gasteiger partial charge in [0.05, 0.1) is 5.60 Å². The lowest BCUT2D eigenvalue weighted by Gasteiger charge is -2.21. The lowest BCUT2D eigenvalue weighted by atomic mass is 10.0. The minimum absolute atomic E-state index is 0.670. The Bertz CT molecular complexity index is 231. The first-order chi connectivity index (χ1) is 6.17. The average Bonchev–Trinajstić information content (AvgIpc) is 2.56.